The maximum absolute atomic E-state index is 14.2. The molecule has 28 heavy (non-hydrogen) atoms. The molecule has 2 fully saturated rings. The number of hydrogen-bond donors (Lipinski definition) is 1. The Balaban J connectivity index is 2.35. The number of ether oxygens (including phenoxy) is 2. The second kappa shape index (κ2) is 6.74. The Morgan fingerprint density at radius 2 is 1.89 bits per heavy atom. The molecule has 0 saturated carbocycles. The molecule has 6 nitrogen and oxygen atoms in total. The van der Waals surface area contributed by atoms with Gasteiger partial charge in [-0.15, -0.1) is 0 Å². The van der Waals surface area contributed by atoms with Gasteiger partial charge in [0.05, 0.1) is 29.1 Å². The first kappa shape index (κ1) is 20.1. The minimum absolute atomic E-state index is 0.115. The van der Waals surface area contributed by atoms with Gasteiger partial charge in [-0.1, -0.05) is 31.5 Å². The molecule has 2 bridgehead atoms. The zero-order valence-electron chi connectivity index (χ0n) is 15.4. The van der Waals surface area contributed by atoms with E-state index in [1.807, 2.05) is 19.1 Å². The van der Waals surface area contributed by atoms with E-state index < -0.39 is 40.4 Å². The number of fused-ring (bicyclic) bond motifs is 2. The Bertz CT molecular complexity index is 948. The zero-order valence-corrected chi connectivity index (χ0v) is 16.2. The molecule has 0 aromatic heterocycles. The predicted octanol–water partition coefficient (Wildman–Crippen LogP) is 4.62. The van der Waals surface area contributed by atoms with Crippen LogP contribution in [0, 0.1) is 62.0 Å². The maximum atomic E-state index is 14.2. The molecule has 0 radical (unpaired) electrons. The van der Waals surface area contributed by atoms with Crippen LogP contribution in [0.1, 0.15) is 44.8 Å². The predicted molar refractivity (Wildman–Crippen MR) is 97.2 cm³/mol. The van der Waals surface area contributed by atoms with E-state index in [4.69, 9.17) is 26.5 Å². The molecule has 1 aromatic carbocycles. The molecule has 4 unspecified atom stereocenters. The van der Waals surface area contributed by atoms with Crippen LogP contribution in [0.3, 0.4) is 0 Å². The van der Waals surface area contributed by atoms with Gasteiger partial charge in [-0.3, -0.25) is 5.41 Å². The normalized spacial score (nSPS) is 32.7. The highest BCUT2D eigenvalue weighted by atomic mass is 35.5. The minimum Gasteiger partial charge on any atom is -0.447 e. The molecule has 2 aliphatic heterocycles. The largest absolute Gasteiger partial charge is 0.447 e. The topological polar surface area (TPSA) is 114 Å². The third kappa shape index (κ3) is 2.23. The molecule has 8 heteroatoms. The van der Waals surface area contributed by atoms with Gasteiger partial charge in [0, 0.05) is 6.42 Å². The molecule has 2 heterocycles. The van der Waals surface area contributed by atoms with E-state index in [9.17, 15) is 20.2 Å². The lowest BCUT2D eigenvalue weighted by Crippen LogP contribution is -2.59. The number of halogens is 2. The fourth-order valence-electron chi connectivity index (χ4n) is 4.65. The van der Waals surface area contributed by atoms with Crippen LogP contribution in [-0.4, -0.2) is 11.7 Å². The Morgan fingerprint density at radius 1 is 1.21 bits per heavy atom. The van der Waals surface area contributed by atoms with Crippen molar-refractivity contribution in [1.29, 1.82) is 21.2 Å². The van der Waals surface area contributed by atoms with Crippen LogP contribution >= 0.6 is 11.6 Å². The van der Waals surface area contributed by atoms with Gasteiger partial charge in [0.1, 0.15) is 11.9 Å². The summed E-state index contributed by atoms with van der Waals surface area (Å²) in [5.74, 6) is -3.21. The third-order valence-corrected chi connectivity index (χ3v) is 6.11. The van der Waals surface area contributed by atoms with E-state index in [2.05, 4.69) is 6.07 Å². The smallest absolute Gasteiger partial charge is 0.217 e. The van der Waals surface area contributed by atoms with Crippen molar-refractivity contribution >= 4 is 17.5 Å². The van der Waals surface area contributed by atoms with Crippen LogP contribution in [0.4, 0.5) is 4.39 Å². The summed E-state index contributed by atoms with van der Waals surface area (Å²) in [7, 11) is 0. The van der Waals surface area contributed by atoms with Crippen molar-refractivity contribution in [3.8, 4) is 18.2 Å². The quantitative estimate of drug-likeness (QED) is 0.791. The van der Waals surface area contributed by atoms with Crippen LogP contribution in [0.25, 0.3) is 0 Å². The lowest BCUT2D eigenvalue weighted by atomic mass is 9.52. The summed E-state index contributed by atoms with van der Waals surface area (Å²) in [5, 5.41) is 38.6. The third-order valence-electron chi connectivity index (χ3n) is 5.80. The van der Waals surface area contributed by atoms with Gasteiger partial charge in [0.25, 0.3) is 0 Å². The Labute approximate surface area is 167 Å². The van der Waals surface area contributed by atoms with Crippen LogP contribution in [0.5, 0.6) is 0 Å². The zero-order chi connectivity index (χ0) is 20.7. The summed E-state index contributed by atoms with van der Waals surface area (Å²) in [4.78, 5) is 0. The molecule has 1 N–H and O–H groups in total. The Hall–Kier alpha value is -2.66. The first-order valence-corrected chi connectivity index (χ1v) is 9.34. The maximum Gasteiger partial charge on any atom is 0.217 e. The summed E-state index contributed by atoms with van der Waals surface area (Å²) >= 11 is 5.77. The number of benzene rings is 1. The lowest BCUT2D eigenvalue weighted by Gasteiger charge is -2.49. The highest BCUT2D eigenvalue weighted by molar-refractivity contribution is 6.30. The molecule has 3 rings (SSSR count). The monoisotopic (exact) mass is 400 g/mol. The van der Waals surface area contributed by atoms with Crippen molar-refractivity contribution in [3.63, 3.8) is 0 Å². The number of nitriles is 3. The SMILES string of the molecule is CCCC12OC(=N)C(C#N)(C1CC)C(C#N)(C#N)C(c1ccc(Cl)c(F)c1)O2. The van der Waals surface area contributed by atoms with Crippen molar-refractivity contribution in [2.24, 2.45) is 16.7 Å². The van der Waals surface area contributed by atoms with Gasteiger partial charge >= 0.3 is 0 Å². The van der Waals surface area contributed by atoms with Crippen LogP contribution in [-0.2, 0) is 9.47 Å². The summed E-state index contributed by atoms with van der Waals surface area (Å²) in [6.45, 7) is 3.70. The highest BCUT2D eigenvalue weighted by Crippen LogP contribution is 2.68. The fourth-order valence-corrected chi connectivity index (χ4v) is 4.76. The van der Waals surface area contributed by atoms with Crippen LogP contribution < -0.4 is 0 Å². The number of hydrogen-bond acceptors (Lipinski definition) is 6. The molecule has 2 saturated heterocycles. The van der Waals surface area contributed by atoms with Crippen molar-refractivity contribution in [2.75, 3.05) is 0 Å². The highest BCUT2D eigenvalue weighted by Gasteiger charge is 2.79. The summed E-state index contributed by atoms with van der Waals surface area (Å²) < 4.78 is 26.2. The van der Waals surface area contributed by atoms with E-state index in [-0.39, 0.29) is 10.6 Å². The summed E-state index contributed by atoms with van der Waals surface area (Å²) in [5.41, 5.74) is -3.73. The van der Waals surface area contributed by atoms with Crippen LogP contribution in [0.15, 0.2) is 18.2 Å². The number of nitrogens with one attached hydrogen (secondary N) is 1. The number of rotatable bonds is 4. The van der Waals surface area contributed by atoms with Crippen LogP contribution in [0.2, 0.25) is 5.02 Å². The van der Waals surface area contributed by atoms with E-state index in [0.717, 1.165) is 6.07 Å². The van der Waals surface area contributed by atoms with Gasteiger partial charge in [0.2, 0.25) is 17.1 Å². The van der Waals surface area contributed by atoms with Crippen molar-refractivity contribution in [2.45, 2.75) is 45.0 Å². The van der Waals surface area contributed by atoms with Gasteiger partial charge < -0.3 is 9.47 Å². The van der Waals surface area contributed by atoms with Gasteiger partial charge in [-0.05, 0) is 30.5 Å². The van der Waals surface area contributed by atoms with Gasteiger partial charge in [-0.2, -0.15) is 15.8 Å². The number of nitrogens with zero attached hydrogens (tertiary/aromatic N) is 3. The van der Waals surface area contributed by atoms with E-state index >= 15 is 0 Å². The van der Waals surface area contributed by atoms with Gasteiger partial charge in [-0.25, -0.2) is 4.39 Å². The molecular formula is C20H18ClFN4O2. The lowest BCUT2D eigenvalue weighted by molar-refractivity contribution is -0.286. The second-order valence-corrected chi connectivity index (χ2v) is 7.48. The Morgan fingerprint density at radius 3 is 2.39 bits per heavy atom. The molecule has 0 spiro atoms. The molecular weight excluding hydrogens is 383 g/mol. The standard InChI is InChI=1S/C20H18ClFN4O2/c1-3-7-20-15(4-2)19(11-25,17(26)28-20)18(9-23,10-24)16(27-20)12-5-6-13(21)14(22)8-12/h5-6,8,15-16,26H,3-4,7H2,1-2H3. The van der Waals surface area contributed by atoms with Crippen molar-refractivity contribution in [3.05, 3.63) is 34.6 Å². The molecule has 4 atom stereocenters. The average Bonchev–Trinajstić information content (AvgIpc) is 2.87. The van der Waals surface area contributed by atoms with E-state index in [1.54, 1.807) is 6.92 Å². The van der Waals surface area contributed by atoms with Gasteiger partial charge in [0.15, 0.2) is 5.41 Å². The molecule has 0 amide bonds. The summed E-state index contributed by atoms with van der Waals surface area (Å²) in [6, 6.07) is 9.80. The van der Waals surface area contributed by atoms with E-state index in [0.29, 0.717) is 19.3 Å². The average molecular weight is 401 g/mol. The van der Waals surface area contributed by atoms with E-state index in [1.165, 1.54) is 12.1 Å². The summed E-state index contributed by atoms with van der Waals surface area (Å²) in [6.07, 6.45) is 0.0599. The molecule has 144 valence electrons. The Kier molecular flexibility index (Phi) is 4.84. The minimum atomic E-state index is -2.09. The first-order chi connectivity index (χ1) is 13.3. The molecule has 1 aromatic rings. The second-order valence-electron chi connectivity index (χ2n) is 7.08. The van der Waals surface area contributed by atoms with Crippen molar-refractivity contribution in [1.82, 2.24) is 0 Å². The first-order valence-electron chi connectivity index (χ1n) is 8.97. The fraction of sp³-hybridized carbons (Fsp3) is 0.500. The van der Waals surface area contributed by atoms with Crippen molar-refractivity contribution < 1.29 is 13.9 Å². The molecule has 2 aliphatic rings. The molecule has 0 aliphatic carbocycles.